The number of H-pyrrole nitrogens is 1. The van der Waals surface area contributed by atoms with Gasteiger partial charge >= 0.3 is 12.0 Å². The summed E-state index contributed by atoms with van der Waals surface area (Å²) in [6.07, 6.45) is 3.37. The number of aromatic nitrogens is 4. The van der Waals surface area contributed by atoms with Crippen LogP contribution in [0, 0.1) is 0 Å². The molecule has 6 nitrogen and oxygen atoms in total. The maximum Gasteiger partial charge on any atom is 0.340 e. The Morgan fingerprint density at radius 2 is 2.38 bits per heavy atom. The molecule has 0 aliphatic carbocycles. The average Bonchev–Trinajstić information content (AvgIpc) is 2.57. The fraction of sp³-hybridized carbons (Fsp3) is 0.714. The van der Waals surface area contributed by atoms with Crippen LogP contribution in [0.1, 0.15) is 32.6 Å². The lowest BCUT2D eigenvalue weighted by Crippen LogP contribution is -2.08. The molecule has 0 spiro atoms. The summed E-state index contributed by atoms with van der Waals surface area (Å²) in [6.45, 7) is 2.08. The van der Waals surface area contributed by atoms with Gasteiger partial charge in [0.1, 0.15) is 0 Å². The van der Waals surface area contributed by atoms with Crippen molar-refractivity contribution in [1.29, 1.82) is 0 Å². The molecule has 0 aliphatic rings. The van der Waals surface area contributed by atoms with Crippen molar-refractivity contribution in [3.8, 4) is 6.01 Å². The van der Waals surface area contributed by atoms with Crippen LogP contribution in [-0.4, -0.2) is 26.6 Å². The van der Waals surface area contributed by atoms with E-state index in [2.05, 4.69) is 27.5 Å². The van der Waals surface area contributed by atoms with E-state index in [1.54, 1.807) is 0 Å². The Morgan fingerprint density at radius 1 is 1.54 bits per heavy atom. The highest BCUT2D eigenvalue weighted by Gasteiger charge is 2.06. The van der Waals surface area contributed by atoms with Gasteiger partial charge < -0.3 is 4.74 Å². The second-order valence-electron chi connectivity index (χ2n) is 2.64. The minimum absolute atomic E-state index is 0.0569. The van der Waals surface area contributed by atoms with Crippen LogP contribution >= 0.6 is 0 Å². The summed E-state index contributed by atoms with van der Waals surface area (Å²) >= 11 is 0. The molecule has 0 aliphatic heterocycles. The summed E-state index contributed by atoms with van der Waals surface area (Å²) in [4.78, 5) is 11.0. The molecule has 0 bridgehead atoms. The zero-order valence-corrected chi connectivity index (χ0v) is 7.49. The first-order valence-electron chi connectivity index (χ1n) is 4.27. The zero-order valence-electron chi connectivity index (χ0n) is 7.49. The molecular formula is C7H12N4O2. The van der Waals surface area contributed by atoms with Crippen LogP contribution in [0.5, 0.6) is 6.01 Å². The third kappa shape index (κ3) is 3.64. The molecule has 1 heterocycles. The summed E-state index contributed by atoms with van der Waals surface area (Å²) in [5.74, 6) is -0.299. The second kappa shape index (κ2) is 5.23. The van der Waals surface area contributed by atoms with Crippen LogP contribution < -0.4 is 4.74 Å². The van der Waals surface area contributed by atoms with Gasteiger partial charge in [-0.05, 0) is 16.8 Å². The fourth-order valence-corrected chi connectivity index (χ4v) is 0.872. The average molecular weight is 184 g/mol. The van der Waals surface area contributed by atoms with Gasteiger partial charge in [0, 0.05) is 6.42 Å². The molecule has 0 fully saturated rings. The van der Waals surface area contributed by atoms with E-state index in [-0.39, 0.29) is 12.0 Å². The molecule has 0 unspecified atom stereocenters. The first-order chi connectivity index (χ1) is 6.33. The highest BCUT2D eigenvalue weighted by Crippen LogP contribution is 2.02. The standard InChI is InChI=1S/C7H12N4O2/c1-2-3-4-5-6(12)13-7-8-10-11-9-7/h2-5H2,1H3,(H,8,9,10,11). The molecule has 1 N–H and O–H groups in total. The van der Waals surface area contributed by atoms with Gasteiger partial charge in [-0.3, -0.25) is 4.79 Å². The summed E-state index contributed by atoms with van der Waals surface area (Å²) in [5, 5.41) is 12.3. The normalized spacial score (nSPS) is 9.92. The van der Waals surface area contributed by atoms with Gasteiger partial charge in [0.15, 0.2) is 0 Å². The molecule has 72 valence electrons. The van der Waals surface area contributed by atoms with Crippen LogP contribution in [0.2, 0.25) is 0 Å². The fourth-order valence-electron chi connectivity index (χ4n) is 0.872. The number of ether oxygens (including phenoxy) is 1. The van der Waals surface area contributed by atoms with Crippen LogP contribution in [0.25, 0.3) is 0 Å². The Hall–Kier alpha value is -1.46. The topological polar surface area (TPSA) is 80.8 Å². The number of unbranched alkanes of at least 4 members (excludes halogenated alkanes) is 2. The number of aromatic amines is 1. The van der Waals surface area contributed by atoms with E-state index < -0.39 is 0 Å². The van der Waals surface area contributed by atoms with Crippen molar-refractivity contribution in [1.82, 2.24) is 20.6 Å². The molecule has 0 atom stereocenters. The summed E-state index contributed by atoms with van der Waals surface area (Å²) in [5.41, 5.74) is 0. The van der Waals surface area contributed by atoms with Crippen molar-refractivity contribution in [3.63, 3.8) is 0 Å². The van der Waals surface area contributed by atoms with Crippen molar-refractivity contribution in [2.24, 2.45) is 0 Å². The number of nitrogens with zero attached hydrogens (tertiary/aromatic N) is 3. The van der Waals surface area contributed by atoms with Gasteiger partial charge in [-0.25, -0.2) is 5.10 Å². The lowest BCUT2D eigenvalue weighted by atomic mass is 10.2. The number of hydrogen-bond acceptors (Lipinski definition) is 5. The Kier molecular flexibility index (Phi) is 3.87. The Morgan fingerprint density at radius 3 is 3.00 bits per heavy atom. The van der Waals surface area contributed by atoms with Gasteiger partial charge in [-0.2, -0.15) is 0 Å². The molecule has 13 heavy (non-hydrogen) atoms. The number of carbonyl (C=O) groups excluding carboxylic acids is 1. The van der Waals surface area contributed by atoms with Crippen molar-refractivity contribution in [3.05, 3.63) is 0 Å². The van der Waals surface area contributed by atoms with Crippen LogP contribution in [-0.2, 0) is 4.79 Å². The molecule has 1 aromatic heterocycles. The van der Waals surface area contributed by atoms with Gasteiger partial charge in [0.05, 0.1) is 0 Å². The number of esters is 1. The van der Waals surface area contributed by atoms with E-state index >= 15 is 0 Å². The van der Waals surface area contributed by atoms with Crippen LogP contribution in [0.15, 0.2) is 0 Å². The van der Waals surface area contributed by atoms with E-state index in [0.29, 0.717) is 6.42 Å². The van der Waals surface area contributed by atoms with Crippen molar-refractivity contribution >= 4 is 5.97 Å². The van der Waals surface area contributed by atoms with E-state index in [1.807, 2.05) is 0 Å². The second-order valence-corrected chi connectivity index (χ2v) is 2.64. The van der Waals surface area contributed by atoms with Gasteiger partial charge in [-0.1, -0.05) is 24.9 Å². The minimum atomic E-state index is -0.299. The third-order valence-electron chi connectivity index (χ3n) is 1.52. The summed E-state index contributed by atoms with van der Waals surface area (Å²) < 4.78 is 4.77. The van der Waals surface area contributed by atoms with Crippen molar-refractivity contribution in [2.75, 3.05) is 0 Å². The maximum atomic E-state index is 11.0. The third-order valence-corrected chi connectivity index (χ3v) is 1.52. The van der Waals surface area contributed by atoms with Crippen molar-refractivity contribution in [2.45, 2.75) is 32.6 Å². The molecule has 0 amide bonds. The summed E-state index contributed by atoms with van der Waals surface area (Å²) in [6, 6.07) is 0.0569. The molecule has 0 saturated heterocycles. The Balaban J connectivity index is 2.18. The van der Waals surface area contributed by atoms with Gasteiger partial charge in [-0.15, -0.1) is 0 Å². The minimum Gasteiger partial charge on any atom is -0.390 e. The largest absolute Gasteiger partial charge is 0.390 e. The van der Waals surface area contributed by atoms with Gasteiger partial charge in [0.25, 0.3) is 0 Å². The monoisotopic (exact) mass is 184 g/mol. The first kappa shape index (κ1) is 9.63. The Labute approximate surface area is 75.7 Å². The first-order valence-corrected chi connectivity index (χ1v) is 4.27. The zero-order chi connectivity index (χ0) is 9.52. The van der Waals surface area contributed by atoms with Gasteiger partial charge in [0.2, 0.25) is 0 Å². The van der Waals surface area contributed by atoms with Crippen LogP contribution in [0.3, 0.4) is 0 Å². The lowest BCUT2D eigenvalue weighted by molar-refractivity contribution is -0.135. The number of nitrogens with one attached hydrogen (secondary N) is 1. The molecule has 1 rings (SSSR count). The smallest absolute Gasteiger partial charge is 0.340 e. The number of carbonyl (C=O) groups is 1. The van der Waals surface area contributed by atoms with E-state index in [4.69, 9.17) is 4.74 Å². The summed E-state index contributed by atoms with van der Waals surface area (Å²) in [7, 11) is 0. The van der Waals surface area contributed by atoms with E-state index in [9.17, 15) is 4.79 Å². The molecule has 0 radical (unpaired) electrons. The maximum absolute atomic E-state index is 11.0. The quantitative estimate of drug-likeness (QED) is 0.537. The van der Waals surface area contributed by atoms with Crippen LogP contribution in [0.4, 0.5) is 0 Å². The molecule has 1 aromatic rings. The predicted molar refractivity (Wildman–Crippen MR) is 44.0 cm³/mol. The molecular weight excluding hydrogens is 172 g/mol. The SMILES string of the molecule is CCCCCC(=O)Oc1nnn[nH]1. The lowest BCUT2D eigenvalue weighted by Gasteiger charge is -1.97. The molecule has 0 aromatic carbocycles. The number of tetrazole rings is 1. The van der Waals surface area contributed by atoms with E-state index in [0.717, 1.165) is 19.3 Å². The molecule has 0 saturated carbocycles. The van der Waals surface area contributed by atoms with E-state index in [1.165, 1.54) is 0 Å². The molecule has 6 heteroatoms. The highest BCUT2D eigenvalue weighted by molar-refractivity contribution is 5.71. The van der Waals surface area contributed by atoms with Crippen molar-refractivity contribution < 1.29 is 9.53 Å². The Bertz CT molecular complexity index is 247. The number of rotatable bonds is 5. The predicted octanol–water partition coefficient (Wildman–Crippen LogP) is 0.685. The highest BCUT2D eigenvalue weighted by atomic mass is 16.6. The number of hydrogen-bond donors (Lipinski definition) is 1.